The molecule has 2 aromatic heterocycles. The molecule has 2 aliphatic rings. The molecule has 0 spiro atoms. The topological polar surface area (TPSA) is 54.9 Å². The van der Waals surface area contributed by atoms with Gasteiger partial charge < -0.3 is 5.32 Å². The van der Waals surface area contributed by atoms with Crippen LogP contribution in [0.3, 0.4) is 0 Å². The largest absolute Gasteiger partial charge is 0.310 e. The van der Waals surface area contributed by atoms with E-state index in [4.69, 9.17) is 11.6 Å². The van der Waals surface area contributed by atoms with Gasteiger partial charge in [-0.2, -0.15) is 0 Å². The van der Waals surface area contributed by atoms with Gasteiger partial charge >= 0.3 is 0 Å². The van der Waals surface area contributed by atoms with Crippen LogP contribution in [0.4, 0.5) is 10.2 Å². The maximum absolute atomic E-state index is 13.9. The summed E-state index contributed by atoms with van der Waals surface area (Å²) in [5.41, 5.74) is 1.59. The molecule has 2 aliphatic carbocycles. The molecule has 2 fully saturated rings. The zero-order chi connectivity index (χ0) is 22.5. The summed E-state index contributed by atoms with van der Waals surface area (Å²) >= 11 is 5.89. The molecule has 0 radical (unpaired) electrons. The summed E-state index contributed by atoms with van der Waals surface area (Å²) in [6, 6.07) is 10.4. The zero-order valence-corrected chi connectivity index (χ0v) is 19.1. The Morgan fingerprint density at radius 2 is 1.81 bits per heavy atom. The first kappa shape index (κ1) is 21.3. The molecule has 4 atom stereocenters. The van der Waals surface area contributed by atoms with Crippen LogP contribution in [0.25, 0.3) is 10.9 Å². The van der Waals surface area contributed by atoms with Crippen LogP contribution in [-0.2, 0) is 4.79 Å². The number of nitrogens with zero attached hydrogens (tertiary/aromatic N) is 2. The molecule has 1 N–H and O–H groups in total. The van der Waals surface area contributed by atoms with E-state index in [9.17, 15) is 9.18 Å². The van der Waals surface area contributed by atoms with Crippen molar-refractivity contribution >= 4 is 34.2 Å². The number of carbonyl (C=O) groups is 1. The molecule has 0 saturated heterocycles. The molecule has 6 heteroatoms. The number of halogens is 2. The van der Waals surface area contributed by atoms with Crippen LogP contribution < -0.4 is 5.32 Å². The molecule has 0 bridgehead atoms. The number of nitrogens with one attached hydrogen (secondary N) is 1. The average Bonchev–Trinajstić information content (AvgIpc) is 3.34. The van der Waals surface area contributed by atoms with Gasteiger partial charge in [-0.1, -0.05) is 25.4 Å². The fourth-order valence-electron chi connectivity index (χ4n) is 5.87. The normalized spacial score (nSPS) is 25.1. The summed E-state index contributed by atoms with van der Waals surface area (Å²) in [5, 5.41) is 4.44. The van der Waals surface area contributed by atoms with E-state index in [1.807, 2.05) is 20.0 Å². The Balaban J connectivity index is 1.28. The van der Waals surface area contributed by atoms with Gasteiger partial charge in [0.2, 0.25) is 5.91 Å². The zero-order valence-electron chi connectivity index (χ0n) is 18.3. The van der Waals surface area contributed by atoms with Crippen LogP contribution in [0.2, 0.25) is 5.02 Å². The van der Waals surface area contributed by atoms with Crippen molar-refractivity contribution in [2.45, 2.75) is 45.4 Å². The van der Waals surface area contributed by atoms with Gasteiger partial charge in [-0.25, -0.2) is 9.37 Å². The Labute approximate surface area is 192 Å². The van der Waals surface area contributed by atoms with Crippen molar-refractivity contribution in [1.82, 2.24) is 9.97 Å². The van der Waals surface area contributed by atoms with Crippen molar-refractivity contribution in [2.75, 3.05) is 5.32 Å². The number of anilines is 1. The number of pyridine rings is 2. The number of amides is 1. The number of rotatable bonds is 4. The Hall–Kier alpha value is -2.53. The summed E-state index contributed by atoms with van der Waals surface area (Å²) in [4.78, 5) is 21.7. The first-order chi connectivity index (χ1) is 15.3. The third-order valence-corrected chi connectivity index (χ3v) is 7.99. The second-order valence-electron chi connectivity index (χ2n) is 9.96. The summed E-state index contributed by atoms with van der Waals surface area (Å²) in [6.07, 6.45) is 7.66. The first-order valence-electron chi connectivity index (χ1n) is 11.3. The fraction of sp³-hybridized carbons (Fsp3) is 0.423. The van der Waals surface area contributed by atoms with Gasteiger partial charge in [0.15, 0.2) is 0 Å². The van der Waals surface area contributed by atoms with E-state index in [0.717, 1.165) is 36.6 Å². The highest BCUT2D eigenvalue weighted by atomic mass is 35.5. The maximum atomic E-state index is 13.9. The number of aromatic nitrogens is 2. The smallest absolute Gasteiger partial charge is 0.231 e. The lowest BCUT2D eigenvalue weighted by Crippen LogP contribution is -2.37. The monoisotopic (exact) mass is 451 g/mol. The van der Waals surface area contributed by atoms with Gasteiger partial charge in [-0.3, -0.25) is 9.78 Å². The Kier molecular flexibility index (Phi) is 5.40. The molecule has 5 rings (SSSR count). The van der Waals surface area contributed by atoms with E-state index in [1.165, 1.54) is 11.6 Å². The molecule has 2 saturated carbocycles. The van der Waals surface area contributed by atoms with Crippen molar-refractivity contribution in [1.29, 1.82) is 0 Å². The van der Waals surface area contributed by atoms with E-state index >= 15 is 0 Å². The fourth-order valence-corrected chi connectivity index (χ4v) is 5.98. The van der Waals surface area contributed by atoms with Crippen molar-refractivity contribution in [3.05, 3.63) is 65.2 Å². The predicted molar refractivity (Wildman–Crippen MR) is 125 cm³/mol. The molecule has 4 nitrogen and oxygen atoms in total. The second kappa shape index (κ2) is 8.11. The highest BCUT2D eigenvalue weighted by molar-refractivity contribution is 6.30. The Morgan fingerprint density at radius 3 is 2.50 bits per heavy atom. The highest BCUT2D eigenvalue weighted by Gasteiger charge is 2.49. The third kappa shape index (κ3) is 3.88. The van der Waals surface area contributed by atoms with Gasteiger partial charge in [0.25, 0.3) is 0 Å². The van der Waals surface area contributed by atoms with E-state index in [0.29, 0.717) is 34.5 Å². The van der Waals surface area contributed by atoms with E-state index in [2.05, 4.69) is 21.4 Å². The minimum Gasteiger partial charge on any atom is -0.310 e. The van der Waals surface area contributed by atoms with E-state index < -0.39 is 5.41 Å². The van der Waals surface area contributed by atoms with Gasteiger partial charge in [-0.15, -0.1) is 0 Å². The number of carbonyl (C=O) groups excluding carboxylic acids is 1. The van der Waals surface area contributed by atoms with Crippen molar-refractivity contribution in [3.63, 3.8) is 0 Å². The minimum absolute atomic E-state index is 0.00412. The first-order valence-corrected chi connectivity index (χ1v) is 11.7. The van der Waals surface area contributed by atoms with Crippen molar-refractivity contribution < 1.29 is 9.18 Å². The SMILES string of the molecule is CC(C)(C(=O)Nc1ccc(Cl)cn1)[C@H]1C[C@H]2C[C@@H](c3ccnc4ccc(F)cc34)C[C@H]2C1. The van der Waals surface area contributed by atoms with Crippen LogP contribution >= 0.6 is 11.6 Å². The number of hydrogen-bond acceptors (Lipinski definition) is 3. The van der Waals surface area contributed by atoms with Crippen LogP contribution in [-0.4, -0.2) is 15.9 Å². The van der Waals surface area contributed by atoms with Crippen molar-refractivity contribution in [2.24, 2.45) is 23.2 Å². The number of hydrogen-bond donors (Lipinski definition) is 1. The van der Waals surface area contributed by atoms with Crippen LogP contribution in [0.1, 0.15) is 51.0 Å². The lowest BCUT2D eigenvalue weighted by Gasteiger charge is -2.31. The number of benzene rings is 1. The van der Waals surface area contributed by atoms with Crippen LogP contribution in [0.15, 0.2) is 48.8 Å². The molecular formula is C26H27ClFN3O. The quantitative estimate of drug-likeness (QED) is 0.485. The standard InChI is InChI=1S/C26H27ClFN3O/c1-26(2,25(32)31-24-6-3-19(27)14-30-24)18-11-15-9-17(10-16(15)12-18)21-7-8-29-23-5-4-20(28)13-22(21)23/h3-8,13-18H,9-12H2,1-2H3,(H,30,31,32)/t15-,16+,17-,18+. The molecular weight excluding hydrogens is 425 g/mol. The van der Waals surface area contributed by atoms with E-state index in [1.54, 1.807) is 30.5 Å². The molecule has 1 amide bonds. The van der Waals surface area contributed by atoms with Gasteiger partial charge in [0, 0.05) is 23.2 Å². The summed E-state index contributed by atoms with van der Waals surface area (Å²) in [6.45, 7) is 4.08. The summed E-state index contributed by atoms with van der Waals surface area (Å²) in [7, 11) is 0. The van der Waals surface area contributed by atoms with E-state index in [-0.39, 0.29) is 11.7 Å². The maximum Gasteiger partial charge on any atom is 0.231 e. The molecule has 0 aliphatic heterocycles. The van der Waals surface area contributed by atoms with Gasteiger partial charge in [0.1, 0.15) is 11.6 Å². The second-order valence-corrected chi connectivity index (χ2v) is 10.4. The molecule has 2 heterocycles. The lowest BCUT2D eigenvalue weighted by molar-refractivity contribution is -0.126. The Bertz CT molecular complexity index is 1150. The highest BCUT2D eigenvalue weighted by Crippen LogP contribution is 2.56. The van der Waals surface area contributed by atoms with Gasteiger partial charge in [-0.05, 0) is 91.3 Å². The molecule has 32 heavy (non-hydrogen) atoms. The van der Waals surface area contributed by atoms with Crippen molar-refractivity contribution in [3.8, 4) is 0 Å². The molecule has 166 valence electrons. The lowest BCUT2D eigenvalue weighted by atomic mass is 9.75. The number of fused-ring (bicyclic) bond motifs is 2. The molecule has 1 aromatic carbocycles. The van der Waals surface area contributed by atoms with Crippen LogP contribution in [0.5, 0.6) is 0 Å². The third-order valence-electron chi connectivity index (χ3n) is 7.77. The predicted octanol–water partition coefficient (Wildman–Crippen LogP) is 6.61. The van der Waals surface area contributed by atoms with Gasteiger partial charge in [0.05, 0.1) is 10.5 Å². The average molecular weight is 452 g/mol. The molecule has 3 aromatic rings. The Morgan fingerprint density at radius 1 is 1.06 bits per heavy atom. The van der Waals surface area contributed by atoms with Crippen LogP contribution in [0, 0.1) is 29.0 Å². The summed E-state index contributed by atoms with van der Waals surface area (Å²) < 4.78 is 13.9. The molecule has 0 unspecified atom stereocenters. The minimum atomic E-state index is -0.479. The summed E-state index contributed by atoms with van der Waals surface area (Å²) in [5.74, 6) is 2.27.